The van der Waals surface area contributed by atoms with Crippen molar-refractivity contribution in [2.24, 2.45) is 10.9 Å². The predicted octanol–water partition coefficient (Wildman–Crippen LogP) is 1.05. The van der Waals surface area contributed by atoms with E-state index in [1.165, 1.54) is 6.42 Å². The van der Waals surface area contributed by atoms with Crippen molar-refractivity contribution in [3.8, 4) is 0 Å². The van der Waals surface area contributed by atoms with Crippen LogP contribution in [0.3, 0.4) is 0 Å². The molecule has 2 rings (SSSR count). The quantitative estimate of drug-likeness (QED) is 0.736. The number of ether oxygens (including phenoxy) is 1. The molecule has 5 nitrogen and oxygen atoms in total. The van der Waals surface area contributed by atoms with Crippen molar-refractivity contribution in [3.63, 3.8) is 0 Å². The highest BCUT2D eigenvalue weighted by atomic mass is 16.5. The fraction of sp³-hybridized carbons (Fsp3) is 0.846. The fourth-order valence-corrected chi connectivity index (χ4v) is 2.80. The number of aliphatic imine (C=N–C) groups is 1. The third-order valence-corrected chi connectivity index (χ3v) is 4.13. The molecule has 5 heteroatoms. The minimum absolute atomic E-state index is 0.0909. The lowest BCUT2D eigenvalue weighted by atomic mass is 9.76. The Morgan fingerprint density at radius 1 is 1.44 bits per heavy atom. The summed E-state index contributed by atoms with van der Waals surface area (Å²) < 4.78 is 4.95. The number of amides is 1. The molecule has 2 N–H and O–H groups in total. The topological polar surface area (TPSA) is 62.7 Å². The highest BCUT2D eigenvalue weighted by Gasteiger charge is 2.46. The van der Waals surface area contributed by atoms with E-state index >= 15 is 0 Å². The maximum Gasteiger partial charge on any atom is 0.252 e. The molecule has 2 fully saturated rings. The van der Waals surface area contributed by atoms with Gasteiger partial charge in [-0.2, -0.15) is 0 Å². The molecule has 1 spiro atoms. The summed E-state index contributed by atoms with van der Waals surface area (Å²) in [5.74, 6) is 1.49. The average Bonchev–Trinajstić information content (AvgIpc) is 2.68. The molecule has 1 aliphatic heterocycles. The summed E-state index contributed by atoms with van der Waals surface area (Å²) in [6.45, 7) is 3.38. The first kappa shape index (κ1) is 13.3. The molecule has 102 valence electrons. The van der Waals surface area contributed by atoms with Gasteiger partial charge in [-0.25, -0.2) is 0 Å². The molecule has 0 aromatic heterocycles. The van der Waals surface area contributed by atoms with E-state index in [1.807, 2.05) is 0 Å². The number of nitrogens with one attached hydrogen (secondary N) is 2. The third kappa shape index (κ3) is 2.66. The molecule has 1 saturated carbocycles. The summed E-state index contributed by atoms with van der Waals surface area (Å²) in [7, 11) is 1.65. The molecule has 1 saturated heterocycles. The van der Waals surface area contributed by atoms with E-state index in [2.05, 4.69) is 22.5 Å². The number of carbonyl (C=O) groups is 1. The minimum atomic E-state index is -0.391. The summed E-state index contributed by atoms with van der Waals surface area (Å²) in [5, 5.41) is 6.14. The van der Waals surface area contributed by atoms with Crippen LogP contribution in [-0.4, -0.2) is 37.7 Å². The molecule has 1 aliphatic carbocycles. The van der Waals surface area contributed by atoms with Gasteiger partial charge in [-0.05, 0) is 31.6 Å². The summed E-state index contributed by atoms with van der Waals surface area (Å²) in [4.78, 5) is 16.4. The first-order valence-corrected chi connectivity index (χ1v) is 6.83. The van der Waals surface area contributed by atoms with Gasteiger partial charge in [0, 0.05) is 7.11 Å². The zero-order valence-corrected chi connectivity index (χ0v) is 11.3. The van der Waals surface area contributed by atoms with Crippen molar-refractivity contribution in [2.75, 3.05) is 20.3 Å². The Hall–Kier alpha value is -1.10. The van der Waals surface area contributed by atoms with Gasteiger partial charge in [-0.1, -0.05) is 13.3 Å². The number of hydrogen-bond donors (Lipinski definition) is 2. The first-order chi connectivity index (χ1) is 8.70. The Labute approximate surface area is 108 Å². The summed E-state index contributed by atoms with van der Waals surface area (Å²) in [6, 6.07) is 0. The first-order valence-electron chi connectivity index (χ1n) is 6.83. The molecule has 1 heterocycles. The third-order valence-electron chi connectivity index (χ3n) is 4.13. The highest BCUT2D eigenvalue weighted by molar-refractivity contribution is 6.09. The van der Waals surface area contributed by atoms with Gasteiger partial charge in [-0.15, -0.1) is 0 Å². The van der Waals surface area contributed by atoms with Crippen LogP contribution in [0.15, 0.2) is 4.99 Å². The van der Waals surface area contributed by atoms with Crippen LogP contribution in [-0.2, 0) is 9.53 Å². The monoisotopic (exact) mass is 253 g/mol. The lowest BCUT2D eigenvalue weighted by Crippen LogP contribution is -2.49. The van der Waals surface area contributed by atoms with E-state index in [9.17, 15) is 4.79 Å². The molecule has 0 bridgehead atoms. The molecular formula is C13H23N3O2. The van der Waals surface area contributed by atoms with Crippen LogP contribution >= 0.6 is 0 Å². The minimum Gasteiger partial charge on any atom is -0.383 e. The van der Waals surface area contributed by atoms with Gasteiger partial charge in [0.2, 0.25) is 0 Å². The van der Waals surface area contributed by atoms with Crippen LogP contribution in [0.5, 0.6) is 0 Å². The van der Waals surface area contributed by atoms with E-state index in [0.29, 0.717) is 19.1 Å². The number of hydrogen-bond acceptors (Lipinski definition) is 3. The molecule has 1 amide bonds. The Kier molecular flexibility index (Phi) is 4.22. The normalized spacial score (nSPS) is 33.8. The number of rotatable bonds is 4. The summed E-state index contributed by atoms with van der Waals surface area (Å²) in [6.07, 6.45) is 5.30. The lowest BCUT2D eigenvalue weighted by molar-refractivity contribution is -0.125. The number of nitrogens with zero attached hydrogens (tertiary/aromatic N) is 1. The SMILES string of the molecule is CCC1CCC2(CC1)NC(=NCCOC)NC2=O. The largest absolute Gasteiger partial charge is 0.383 e. The van der Waals surface area contributed by atoms with Crippen molar-refractivity contribution in [3.05, 3.63) is 0 Å². The molecule has 2 aliphatic rings. The smallest absolute Gasteiger partial charge is 0.252 e. The maximum atomic E-state index is 12.1. The molecule has 0 aromatic rings. The van der Waals surface area contributed by atoms with Crippen LogP contribution in [0.1, 0.15) is 39.0 Å². The van der Waals surface area contributed by atoms with Gasteiger partial charge in [-0.3, -0.25) is 15.1 Å². The van der Waals surface area contributed by atoms with E-state index in [1.54, 1.807) is 7.11 Å². The van der Waals surface area contributed by atoms with E-state index in [-0.39, 0.29) is 5.91 Å². The van der Waals surface area contributed by atoms with E-state index in [0.717, 1.165) is 31.6 Å². The van der Waals surface area contributed by atoms with Gasteiger partial charge in [0.05, 0.1) is 13.2 Å². The maximum absolute atomic E-state index is 12.1. The molecule has 0 atom stereocenters. The molecular weight excluding hydrogens is 230 g/mol. The Bertz CT molecular complexity index is 333. The highest BCUT2D eigenvalue weighted by Crippen LogP contribution is 2.35. The van der Waals surface area contributed by atoms with E-state index in [4.69, 9.17) is 4.74 Å². The number of carbonyl (C=O) groups excluding carboxylic acids is 1. The Morgan fingerprint density at radius 3 is 2.78 bits per heavy atom. The van der Waals surface area contributed by atoms with E-state index < -0.39 is 5.54 Å². The van der Waals surface area contributed by atoms with Gasteiger partial charge in [0.1, 0.15) is 5.54 Å². The van der Waals surface area contributed by atoms with Crippen LogP contribution in [0, 0.1) is 5.92 Å². The molecule has 0 aromatic carbocycles. The zero-order chi connectivity index (χ0) is 13.0. The number of methoxy groups -OCH3 is 1. The zero-order valence-electron chi connectivity index (χ0n) is 11.3. The molecule has 0 radical (unpaired) electrons. The molecule has 0 unspecified atom stereocenters. The summed E-state index contributed by atoms with van der Waals surface area (Å²) >= 11 is 0. The number of guanidine groups is 1. The van der Waals surface area contributed by atoms with Crippen LogP contribution in [0.4, 0.5) is 0 Å². The van der Waals surface area contributed by atoms with Crippen molar-refractivity contribution in [2.45, 2.75) is 44.6 Å². The second-order valence-electron chi connectivity index (χ2n) is 5.24. The van der Waals surface area contributed by atoms with Gasteiger partial charge >= 0.3 is 0 Å². The Balaban J connectivity index is 1.95. The summed E-state index contributed by atoms with van der Waals surface area (Å²) in [5.41, 5.74) is -0.391. The van der Waals surface area contributed by atoms with Crippen molar-refractivity contribution >= 4 is 11.9 Å². The van der Waals surface area contributed by atoms with Crippen molar-refractivity contribution < 1.29 is 9.53 Å². The lowest BCUT2D eigenvalue weighted by Gasteiger charge is -2.34. The van der Waals surface area contributed by atoms with Gasteiger partial charge in [0.15, 0.2) is 5.96 Å². The predicted molar refractivity (Wildman–Crippen MR) is 70.4 cm³/mol. The van der Waals surface area contributed by atoms with Crippen molar-refractivity contribution in [1.82, 2.24) is 10.6 Å². The second kappa shape index (κ2) is 5.69. The second-order valence-corrected chi connectivity index (χ2v) is 5.24. The van der Waals surface area contributed by atoms with Gasteiger partial charge < -0.3 is 10.1 Å². The van der Waals surface area contributed by atoms with Crippen LogP contribution in [0.25, 0.3) is 0 Å². The average molecular weight is 253 g/mol. The molecule has 18 heavy (non-hydrogen) atoms. The fourth-order valence-electron chi connectivity index (χ4n) is 2.80. The van der Waals surface area contributed by atoms with Crippen LogP contribution in [0.2, 0.25) is 0 Å². The van der Waals surface area contributed by atoms with Crippen molar-refractivity contribution in [1.29, 1.82) is 0 Å². The standard InChI is InChI=1S/C13H23N3O2/c1-3-10-4-6-13(7-5-10)11(17)15-12(16-13)14-8-9-18-2/h10H,3-9H2,1-2H3,(H2,14,15,16,17). The Morgan fingerprint density at radius 2 is 2.17 bits per heavy atom. The van der Waals surface area contributed by atoms with Crippen LogP contribution < -0.4 is 10.6 Å². The van der Waals surface area contributed by atoms with Gasteiger partial charge in [0.25, 0.3) is 5.91 Å².